The summed E-state index contributed by atoms with van der Waals surface area (Å²) >= 11 is 0. The van der Waals surface area contributed by atoms with Gasteiger partial charge in [-0.1, -0.05) is 6.92 Å². The van der Waals surface area contributed by atoms with Crippen molar-refractivity contribution in [3.05, 3.63) is 23.4 Å². The number of aromatic nitrogens is 1. The van der Waals surface area contributed by atoms with Crippen LogP contribution in [0.25, 0.3) is 0 Å². The molecule has 0 N–H and O–H groups in total. The molecular formula is C14H20N4. The lowest BCUT2D eigenvalue weighted by molar-refractivity contribution is 0.213. The first-order valence-corrected chi connectivity index (χ1v) is 6.48. The summed E-state index contributed by atoms with van der Waals surface area (Å²) in [6.45, 7) is 7.19. The quantitative estimate of drug-likeness (QED) is 0.795. The van der Waals surface area contributed by atoms with E-state index in [-0.39, 0.29) is 0 Å². The Hall–Kier alpha value is -1.60. The monoisotopic (exact) mass is 244 g/mol. The van der Waals surface area contributed by atoms with E-state index >= 15 is 0 Å². The number of nitrogens with zero attached hydrogens (tertiary/aromatic N) is 4. The van der Waals surface area contributed by atoms with Gasteiger partial charge in [-0.3, -0.25) is 4.90 Å². The van der Waals surface area contributed by atoms with Crippen LogP contribution in [0.2, 0.25) is 0 Å². The van der Waals surface area contributed by atoms with E-state index in [0.29, 0.717) is 11.6 Å². The van der Waals surface area contributed by atoms with Crippen molar-refractivity contribution < 1.29 is 0 Å². The first-order chi connectivity index (χ1) is 8.63. The molecule has 1 saturated heterocycles. The van der Waals surface area contributed by atoms with Crippen LogP contribution in [-0.4, -0.2) is 42.6 Å². The zero-order chi connectivity index (χ0) is 13.1. The predicted molar refractivity (Wildman–Crippen MR) is 72.6 cm³/mol. The molecule has 2 rings (SSSR count). The fourth-order valence-corrected chi connectivity index (χ4v) is 2.47. The Morgan fingerprint density at radius 3 is 2.89 bits per heavy atom. The molecule has 18 heavy (non-hydrogen) atoms. The summed E-state index contributed by atoms with van der Waals surface area (Å²) in [6, 6.07) is 6.50. The van der Waals surface area contributed by atoms with Crippen molar-refractivity contribution in [3.8, 4) is 6.07 Å². The lowest BCUT2D eigenvalue weighted by atomic mass is 10.1. The Morgan fingerprint density at radius 1 is 1.44 bits per heavy atom. The molecular weight excluding hydrogens is 224 g/mol. The van der Waals surface area contributed by atoms with Crippen LogP contribution in [0.5, 0.6) is 0 Å². The summed E-state index contributed by atoms with van der Waals surface area (Å²) in [6.07, 6.45) is 1.14. The fraction of sp³-hybridized carbons (Fsp3) is 0.571. The summed E-state index contributed by atoms with van der Waals surface area (Å²) in [5.41, 5.74) is 1.61. The maximum atomic E-state index is 9.02. The highest BCUT2D eigenvalue weighted by molar-refractivity contribution is 5.47. The Balaban J connectivity index is 2.22. The molecule has 0 radical (unpaired) electrons. The molecule has 1 unspecified atom stereocenters. The van der Waals surface area contributed by atoms with Gasteiger partial charge < -0.3 is 4.90 Å². The third-order valence-electron chi connectivity index (χ3n) is 3.64. The first kappa shape index (κ1) is 12.8. The van der Waals surface area contributed by atoms with Gasteiger partial charge in [0.1, 0.15) is 5.82 Å². The van der Waals surface area contributed by atoms with Crippen LogP contribution in [0.4, 0.5) is 5.82 Å². The van der Waals surface area contributed by atoms with Gasteiger partial charge in [-0.05, 0) is 32.5 Å². The van der Waals surface area contributed by atoms with Crippen LogP contribution >= 0.6 is 0 Å². The normalized spacial score (nSPS) is 20.8. The van der Waals surface area contributed by atoms with Crippen LogP contribution in [0.1, 0.15) is 24.6 Å². The van der Waals surface area contributed by atoms with Gasteiger partial charge in [-0.25, -0.2) is 4.98 Å². The van der Waals surface area contributed by atoms with Crippen molar-refractivity contribution >= 4 is 5.82 Å². The second-order valence-corrected chi connectivity index (χ2v) is 4.96. The topological polar surface area (TPSA) is 43.2 Å². The molecule has 0 aliphatic carbocycles. The molecule has 4 heteroatoms. The first-order valence-electron chi connectivity index (χ1n) is 6.48. The fourth-order valence-electron chi connectivity index (χ4n) is 2.47. The highest BCUT2D eigenvalue weighted by atomic mass is 15.3. The summed E-state index contributed by atoms with van der Waals surface area (Å²) in [5.74, 6) is 0.943. The van der Waals surface area contributed by atoms with Crippen LogP contribution in [-0.2, 0) is 0 Å². The molecule has 0 amide bonds. The van der Waals surface area contributed by atoms with Crippen LogP contribution in [0.3, 0.4) is 0 Å². The second kappa shape index (κ2) is 5.36. The van der Waals surface area contributed by atoms with Crippen molar-refractivity contribution in [1.29, 1.82) is 5.26 Å². The van der Waals surface area contributed by atoms with E-state index in [4.69, 9.17) is 5.26 Å². The van der Waals surface area contributed by atoms with Crippen LogP contribution in [0.15, 0.2) is 12.1 Å². The molecule has 0 aromatic carbocycles. The highest BCUT2D eigenvalue weighted by Gasteiger charge is 2.23. The van der Waals surface area contributed by atoms with E-state index in [1.807, 2.05) is 19.1 Å². The van der Waals surface area contributed by atoms with Gasteiger partial charge in [0, 0.05) is 31.4 Å². The second-order valence-electron chi connectivity index (χ2n) is 4.96. The zero-order valence-electron chi connectivity index (χ0n) is 11.3. The number of hydrogen-bond acceptors (Lipinski definition) is 4. The SMILES string of the molecule is CCC1CN(c2cc(C#N)cc(C)n2)CCN1C. The average molecular weight is 244 g/mol. The molecule has 1 aliphatic heterocycles. The molecule has 0 bridgehead atoms. The maximum Gasteiger partial charge on any atom is 0.130 e. The van der Waals surface area contributed by atoms with E-state index in [2.05, 4.69) is 34.8 Å². The predicted octanol–water partition coefficient (Wildman–Crippen LogP) is 1.79. The largest absolute Gasteiger partial charge is 0.354 e. The zero-order valence-corrected chi connectivity index (χ0v) is 11.3. The summed E-state index contributed by atoms with van der Waals surface area (Å²) < 4.78 is 0. The number of aryl methyl sites for hydroxylation is 1. The number of piperazine rings is 1. The number of anilines is 1. The molecule has 4 nitrogen and oxygen atoms in total. The van der Waals surface area contributed by atoms with Gasteiger partial charge in [0.05, 0.1) is 11.6 Å². The van der Waals surface area contributed by atoms with Crippen molar-refractivity contribution in [2.45, 2.75) is 26.3 Å². The van der Waals surface area contributed by atoms with Gasteiger partial charge in [0.2, 0.25) is 0 Å². The van der Waals surface area contributed by atoms with Gasteiger partial charge in [-0.2, -0.15) is 5.26 Å². The third-order valence-corrected chi connectivity index (χ3v) is 3.64. The smallest absolute Gasteiger partial charge is 0.130 e. The number of nitriles is 1. The molecule has 1 fully saturated rings. The lowest BCUT2D eigenvalue weighted by Gasteiger charge is -2.39. The minimum absolute atomic E-state index is 0.576. The molecule has 1 atom stereocenters. The maximum absolute atomic E-state index is 9.02. The van der Waals surface area contributed by atoms with E-state index in [0.717, 1.165) is 37.6 Å². The Bertz CT molecular complexity index is 463. The van der Waals surface area contributed by atoms with Crippen molar-refractivity contribution in [1.82, 2.24) is 9.88 Å². The van der Waals surface area contributed by atoms with Crippen molar-refractivity contribution in [2.24, 2.45) is 0 Å². The van der Waals surface area contributed by atoms with Gasteiger partial charge in [0.25, 0.3) is 0 Å². The molecule has 1 aliphatic rings. The van der Waals surface area contributed by atoms with Gasteiger partial charge in [-0.15, -0.1) is 0 Å². The Kier molecular flexibility index (Phi) is 3.83. The molecule has 0 spiro atoms. The van der Waals surface area contributed by atoms with Crippen LogP contribution < -0.4 is 4.90 Å². The van der Waals surface area contributed by atoms with Crippen LogP contribution in [0, 0.1) is 18.3 Å². The molecule has 1 aromatic heterocycles. The summed E-state index contributed by atoms with van der Waals surface area (Å²) in [4.78, 5) is 9.25. The Labute approximate surface area is 109 Å². The summed E-state index contributed by atoms with van der Waals surface area (Å²) in [7, 11) is 2.18. The molecule has 2 heterocycles. The summed E-state index contributed by atoms with van der Waals surface area (Å²) in [5, 5.41) is 9.02. The van der Waals surface area contributed by atoms with E-state index in [9.17, 15) is 0 Å². The standard InChI is InChI=1S/C14H20N4/c1-4-13-10-18(6-5-17(13)3)14-8-12(9-15)7-11(2)16-14/h7-8,13H,4-6,10H2,1-3H3. The molecule has 96 valence electrons. The number of rotatable bonds is 2. The lowest BCUT2D eigenvalue weighted by Crippen LogP contribution is -2.51. The van der Waals surface area contributed by atoms with Crippen molar-refractivity contribution in [2.75, 3.05) is 31.6 Å². The molecule has 1 aromatic rings. The van der Waals surface area contributed by atoms with Gasteiger partial charge >= 0.3 is 0 Å². The molecule has 0 saturated carbocycles. The van der Waals surface area contributed by atoms with E-state index in [1.54, 1.807) is 0 Å². The highest BCUT2D eigenvalue weighted by Crippen LogP contribution is 2.19. The number of pyridine rings is 1. The van der Waals surface area contributed by atoms with Crippen molar-refractivity contribution in [3.63, 3.8) is 0 Å². The number of hydrogen-bond donors (Lipinski definition) is 0. The average Bonchev–Trinajstić information content (AvgIpc) is 2.38. The van der Waals surface area contributed by atoms with Gasteiger partial charge in [0.15, 0.2) is 0 Å². The Morgan fingerprint density at radius 2 is 2.22 bits per heavy atom. The van der Waals surface area contributed by atoms with E-state index < -0.39 is 0 Å². The van der Waals surface area contributed by atoms with E-state index in [1.165, 1.54) is 0 Å². The minimum Gasteiger partial charge on any atom is -0.354 e. The number of likely N-dealkylation sites (N-methyl/N-ethyl adjacent to an activating group) is 1. The minimum atomic E-state index is 0.576. The third kappa shape index (κ3) is 2.62.